The van der Waals surface area contributed by atoms with Gasteiger partial charge in [0.1, 0.15) is 12.7 Å². The summed E-state index contributed by atoms with van der Waals surface area (Å²) in [5, 5.41) is 18.0. The zero-order chi connectivity index (χ0) is 41.9. The molecule has 11 heteroatoms. The Labute approximate surface area is 350 Å². The van der Waals surface area contributed by atoms with Crippen molar-refractivity contribution in [2.45, 2.75) is 257 Å². The largest absolute Gasteiger partial charge is 0.472 e. The highest BCUT2D eigenvalue weighted by Gasteiger charge is 2.26. The fourth-order valence-electron chi connectivity index (χ4n) is 7.23. The molecule has 10 nitrogen and oxygen atoms in total. The van der Waals surface area contributed by atoms with Gasteiger partial charge in [0.05, 0.1) is 19.8 Å². The third kappa shape index (κ3) is 44.4. The van der Waals surface area contributed by atoms with Gasteiger partial charge in [0.25, 0.3) is 0 Å². The monoisotopic (exact) mass is 835 g/mol. The third-order valence-corrected chi connectivity index (χ3v) is 11.8. The zero-order valence-electron chi connectivity index (χ0n) is 37.1. The zero-order valence-corrected chi connectivity index (χ0v) is 38.0. The second kappa shape index (κ2) is 43.1. The first-order valence-electron chi connectivity index (χ1n) is 23.9. The van der Waals surface area contributed by atoms with E-state index in [1.165, 1.54) is 205 Å². The Kier molecular flexibility index (Phi) is 42.3. The van der Waals surface area contributed by atoms with Crippen LogP contribution in [0, 0.1) is 0 Å². The summed E-state index contributed by atoms with van der Waals surface area (Å²) in [6, 6.07) is 0. The molecule has 3 N–H and O–H groups in total. The molecule has 0 rings (SSSR count). The standard InChI is InChI=1S/C46H91O10P/c1-3-4-5-6-7-8-9-10-11-12-13-14-15-16-17-18-19-20-21-22-23-24-25-26-27-28-29-30-31-32-33-34-35-36-37-38-46(50)53-41-45(56-43(2)48)42-55-57(51,52)54-40-44(49)39-47/h44-45,47,49H,3-42H2,1-2H3,(H,51,52)/t44-,45+/m0/s1. The minimum atomic E-state index is -4.57. The van der Waals surface area contributed by atoms with Crippen LogP contribution >= 0.6 is 7.82 Å². The van der Waals surface area contributed by atoms with E-state index in [0.717, 1.165) is 19.8 Å². The molecule has 0 aliphatic carbocycles. The number of carbonyl (C=O) groups excluding carboxylic acids is 2. The Hall–Kier alpha value is -1.03. The molecule has 0 aliphatic rings. The molecular formula is C46H91O10P. The molecule has 0 bridgehead atoms. The molecule has 0 radical (unpaired) electrons. The van der Waals surface area contributed by atoms with Gasteiger partial charge in [-0.15, -0.1) is 0 Å². The van der Waals surface area contributed by atoms with Crippen molar-refractivity contribution < 1.29 is 47.8 Å². The van der Waals surface area contributed by atoms with Crippen LogP contribution in [0.2, 0.25) is 0 Å². The van der Waals surface area contributed by atoms with Crippen LogP contribution in [-0.2, 0) is 32.7 Å². The number of ether oxygens (including phenoxy) is 2. The molecule has 0 spiro atoms. The SMILES string of the molecule is CCCCCCCCCCCCCCCCCCCCCCCCCCCCCCCCCCCCCC(=O)OC[C@H](COP(=O)(O)OC[C@@H](O)CO)OC(C)=O. The van der Waals surface area contributed by atoms with Gasteiger partial charge in [0, 0.05) is 13.3 Å². The van der Waals surface area contributed by atoms with E-state index < -0.39 is 51.8 Å². The molecule has 1 unspecified atom stereocenters. The molecule has 0 fully saturated rings. The Morgan fingerprint density at radius 2 is 0.789 bits per heavy atom. The number of rotatable bonds is 46. The Bertz CT molecular complexity index is 920. The van der Waals surface area contributed by atoms with E-state index in [1.54, 1.807) is 0 Å². The first kappa shape index (κ1) is 56.0. The van der Waals surface area contributed by atoms with E-state index in [0.29, 0.717) is 6.42 Å². The van der Waals surface area contributed by atoms with Gasteiger partial charge in [-0.05, 0) is 6.42 Å². The van der Waals surface area contributed by atoms with E-state index in [9.17, 15) is 24.2 Å². The van der Waals surface area contributed by atoms with Crippen molar-refractivity contribution in [2.75, 3.05) is 26.4 Å². The van der Waals surface area contributed by atoms with Gasteiger partial charge in [0.2, 0.25) is 0 Å². The van der Waals surface area contributed by atoms with Gasteiger partial charge in [-0.25, -0.2) is 4.57 Å². The molecule has 3 atom stereocenters. The van der Waals surface area contributed by atoms with Crippen LogP contribution in [0.4, 0.5) is 0 Å². The lowest BCUT2D eigenvalue weighted by Gasteiger charge is -2.19. The lowest BCUT2D eigenvalue weighted by atomic mass is 10.0. The van der Waals surface area contributed by atoms with E-state index in [1.807, 2.05) is 0 Å². The molecule has 57 heavy (non-hydrogen) atoms. The molecule has 0 aromatic rings. The van der Waals surface area contributed by atoms with Crippen molar-refractivity contribution in [3.63, 3.8) is 0 Å². The Morgan fingerprint density at radius 1 is 0.491 bits per heavy atom. The predicted octanol–water partition coefficient (Wildman–Crippen LogP) is 13.0. The second-order valence-corrected chi connectivity index (χ2v) is 18.0. The smallest absolute Gasteiger partial charge is 0.462 e. The molecule has 0 heterocycles. The topological polar surface area (TPSA) is 149 Å². The number of unbranched alkanes of at least 4 members (excludes halogenated alkanes) is 34. The van der Waals surface area contributed by atoms with E-state index in [-0.39, 0.29) is 13.0 Å². The maximum atomic E-state index is 12.1. The number of aliphatic hydroxyl groups excluding tert-OH is 2. The first-order chi connectivity index (χ1) is 27.7. The van der Waals surface area contributed by atoms with Crippen LogP contribution in [0.15, 0.2) is 0 Å². The highest BCUT2D eigenvalue weighted by Crippen LogP contribution is 2.43. The quantitative estimate of drug-likeness (QED) is 0.0307. The normalized spacial score (nSPS) is 13.7. The van der Waals surface area contributed by atoms with E-state index in [4.69, 9.17) is 19.1 Å². The summed E-state index contributed by atoms with van der Waals surface area (Å²) in [5.74, 6) is -1.10. The Morgan fingerprint density at radius 3 is 1.09 bits per heavy atom. The van der Waals surface area contributed by atoms with E-state index >= 15 is 0 Å². The number of phosphoric acid groups is 1. The number of carbonyl (C=O) groups is 2. The maximum absolute atomic E-state index is 12.1. The predicted molar refractivity (Wildman–Crippen MR) is 233 cm³/mol. The summed E-state index contributed by atoms with van der Waals surface area (Å²) in [5.41, 5.74) is 0. The number of hydrogen-bond acceptors (Lipinski definition) is 9. The van der Waals surface area contributed by atoms with Crippen molar-refractivity contribution in [3.05, 3.63) is 0 Å². The fraction of sp³-hybridized carbons (Fsp3) is 0.957. The summed E-state index contributed by atoms with van der Waals surface area (Å²) in [6.45, 7) is 1.33. The minimum Gasteiger partial charge on any atom is -0.462 e. The number of phosphoric ester groups is 1. The van der Waals surface area contributed by atoms with Gasteiger partial charge in [-0.2, -0.15) is 0 Å². The second-order valence-electron chi connectivity index (χ2n) is 16.6. The van der Waals surface area contributed by atoms with Gasteiger partial charge in [0.15, 0.2) is 6.10 Å². The number of esters is 2. The summed E-state index contributed by atoms with van der Waals surface area (Å²) in [7, 11) is -4.57. The van der Waals surface area contributed by atoms with Gasteiger partial charge in [-0.3, -0.25) is 18.6 Å². The van der Waals surface area contributed by atoms with Crippen LogP contribution in [0.25, 0.3) is 0 Å². The van der Waals surface area contributed by atoms with Crippen LogP contribution in [0.1, 0.15) is 245 Å². The molecule has 0 aliphatic heterocycles. The maximum Gasteiger partial charge on any atom is 0.472 e. The van der Waals surface area contributed by atoms with Crippen LogP contribution in [-0.4, -0.2) is 65.7 Å². The van der Waals surface area contributed by atoms with Crippen molar-refractivity contribution in [3.8, 4) is 0 Å². The van der Waals surface area contributed by atoms with Crippen LogP contribution in [0.5, 0.6) is 0 Å². The average Bonchev–Trinajstić information content (AvgIpc) is 3.19. The molecule has 0 aromatic carbocycles. The highest BCUT2D eigenvalue weighted by atomic mass is 31.2. The summed E-state index contributed by atoms with van der Waals surface area (Å²) >= 11 is 0. The molecule has 0 aromatic heterocycles. The fourth-order valence-corrected chi connectivity index (χ4v) is 8.02. The Balaban J connectivity index is 3.41. The van der Waals surface area contributed by atoms with E-state index in [2.05, 4.69) is 11.4 Å². The average molecular weight is 835 g/mol. The van der Waals surface area contributed by atoms with Crippen molar-refractivity contribution >= 4 is 19.8 Å². The first-order valence-corrected chi connectivity index (χ1v) is 25.4. The lowest BCUT2D eigenvalue weighted by molar-refractivity contribution is -0.159. The molecule has 340 valence electrons. The van der Waals surface area contributed by atoms with Crippen molar-refractivity contribution in [1.82, 2.24) is 0 Å². The summed E-state index contributed by atoms with van der Waals surface area (Å²) < 4.78 is 31.4. The summed E-state index contributed by atoms with van der Waals surface area (Å²) in [4.78, 5) is 33.2. The molecule has 0 saturated carbocycles. The molecule has 0 saturated heterocycles. The number of hydrogen-bond donors (Lipinski definition) is 3. The van der Waals surface area contributed by atoms with Gasteiger partial charge >= 0.3 is 19.8 Å². The van der Waals surface area contributed by atoms with Crippen LogP contribution in [0.3, 0.4) is 0 Å². The van der Waals surface area contributed by atoms with Crippen LogP contribution < -0.4 is 0 Å². The third-order valence-electron chi connectivity index (χ3n) is 10.8. The van der Waals surface area contributed by atoms with Gasteiger partial charge in [-0.1, -0.05) is 225 Å². The molecular weight excluding hydrogens is 743 g/mol. The van der Waals surface area contributed by atoms with Crippen molar-refractivity contribution in [1.29, 1.82) is 0 Å². The van der Waals surface area contributed by atoms with Crippen molar-refractivity contribution in [2.24, 2.45) is 0 Å². The minimum absolute atomic E-state index is 0.244. The summed E-state index contributed by atoms with van der Waals surface area (Å²) in [6.07, 6.45) is 45.5. The van der Waals surface area contributed by atoms with Gasteiger partial charge < -0.3 is 24.6 Å². The highest BCUT2D eigenvalue weighted by molar-refractivity contribution is 7.47. The lowest BCUT2D eigenvalue weighted by Crippen LogP contribution is -2.29. The number of aliphatic hydroxyl groups is 2. The molecule has 0 amide bonds.